The molecule has 0 bridgehead atoms. The predicted octanol–water partition coefficient (Wildman–Crippen LogP) is 4.41. The molecule has 0 aromatic heterocycles. The van der Waals surface area contributed by atoms with E-state index < -0.39 is 35.8 Å². The number of terminal acetylenes is 1. The topological polar surface area (TPSA) is 97.0 Å². The SMILES string of the molecule is C#Cc1ccc(NC(=O)C(C(C)c2ccccc2)N2C(=O)N[C@H](c3ccc(OCCOC)cc3)C2=O)c(C)c1. The van der Waals surface area contributed by atoms with Gasteiger partial charge in [0.25, 0.3) is 5.91 Å². The first-order chi connectivity index (χ1) is 18.8. The van der Waals surface area contributed by atoms with Gasteiger partial charge in [0.2, 0.25) is 5.91 Å². The normalized spacial score (nSPS) is 16.3. The van der Waals surface area contributed by atoms with Crippen LogP contribution >= 0.6 is 0 Å². The minimum absolute atomic E-state index is 0.391. The van der Waals surface area contributed by atoms with E-state index >= 15 is 0 Å². The van der Waals surface area contributed by atoms with Crippen molar-refractivity contribution in [2.45, 2.75) is 31.8 Å². The zero-order valence-electron chi connectivity index (χ0n) is 22.1. The minimum atomic E-state index is -1.10. The van der Waals surface area contributed by atoms with Gasteiger partial charge in [-0.05, 0) is 53.9 Å². The number of nitrogens with one attached hydrogen (secondary N) is 2. The van der Waals surface area contributed by atoms with Crippen molar-refractivity contribution in [2.75, 3.05) is 25.6 Å². The molecule has 1 heterocycles. The first kappa shape index (κ1) is 27.4. The standard InChI is InChI=1S/C31H31N3O5/c1-5-22-11-16-26(20(2)19-22)32-29(35)28(21(3)23-9-7-6-8-10-23)34-30(36)27(33-31(34)37)24-12-14-25(15-13-24)39-18-17-38-4/h1,6-16,19,21,27-28H,17-18H2,2-4H3,(H,32,35)(H,33,37)/t21?,27-,28?/m1/s1. The number of amides is 4. The van der Waals surface area contributed by atoms with Crippen molar-refractivity contribution in [3.8, 4) is 18.1 Å². The molecular weight excluding hydrogens is 494 g/mol. The van der Waals surface area contributed by atoms with Crippen molar-refractivity contribution in [3.63, 3.8) is 0 Å². The molecule has 2 N–H and O–H groups in total. The van der Waals surface area contributed by atoms with Gasteiger partial charge in [0.1, 0.15) is 24.4 Å². The quantitative estimate of drug-likeness (QED) is 0.232. The lowest BCUT2D eigenvalue weighted by Crippen LogP contribution is -2.50. The molecule has 8 nitrogen and oxygen atoms in total. The maximum atomic E-state index is 13.8. The molecule has 1 fully saturated rings. The Morgan fingerprint density at radius 2 is 1.79 bits per heavy atom. The summed E-state index contributed by atoms with van der Waals surface area (Å²) in [7, 11) is 1.59. The van der Waals surface area contributed by atoms with Gasteiger partial charge in [-0.25, -0.2) is 9.69 Å². The highest BCUT2D eigenvalue weighted by Gasteiger charge is 2.47. The Hall–Kier alpha value is -4.61. The van der Waals surface area contributed by atoms with Gasteiger partial charge in [0, 0.05) is 24.3 Å². The summed E-state index contributed by atoms with van der Waals surface area (Å²) in [5, 5.41) is 5.66. The number of carbonyl (C=O) groups excluding carboxylic acids is 3. The van der Waals surface area contributed by atoms with Crippen LogP contribution in [0.2, 0.25) is 0 Å². The highest BCUT2D eigenvalue weighted by molar-refractivity contribution is 6.10. The van der Waals surface area contributed by atoms with Crippen LogP contribution in [-0.4, -0.2) is 49.1 Å². The summed E-state index contributed by atoms with van der Waals surface area (Å²) in [6, 6.07) is 18.8. The van der Waals surface area contributed by atoms with Gasteiger partial charge in [-0.15, -0.1) is 6.42 Å². The molecule has 0 spiro atoms. The van der Waals surface area contributed by atoms with Crippen LogP contribution in [0.1, 0.15) is 41.1 Å². The molecule has 0 radical (unpaired) electrons. The molecule has 1 aliphatic heterocycles. The fourth-order valence-electron chi connectivity index (χ4n) is 4.59. The van der Waals surface area contributed by atoms with Gasteiger partial charge in [-0.1, -0.05) is 55.3 Å². The maximum Gasteiger partial charge on any atom is 0.325 e. The molecule has 1 aliphatic rings. The van der Waals surface area contributed by atoms with E-state index in [2.05, 4.69) is 16.6 Å². The Kier molecular flexibility index (Phi) is 8.64. The monoisotopic (exact) mass is 525 g/mol. The highest BCUT2D eigenvalue weighted by atomic mass is 16.5. The summed E-state index contributed by atoms with van der Waals surface area (Å²) in [4.78, 5) is 41.7. The second-order valence-corrected chi connectivity index (χ2v) is 9.31. The zero-order chi connectivity index (χ0) is 27.9. The predicted molar refractivity (Wildman–Crippen MR) is 148 cm³/mol. The number of imide groups is 1. The molecule has 4 rings (SSSR count). The Balaban J connectivity index is 1.62. The molecule has 2 unspecified atom stereocenters. The molecular formula is C31H31N3O5. The minimum Gasteiger partial charge on any atom is -0.491 e. The second kappa shape index (κ2) is 12.3. The number of carbonyl (C=O) groups is 3. The number of urea groups is 1. The third-order valence-corrected chi connectivity index (χ3v) is 6.74. The molecule has 0 aliphatic carbocycles. The summed E-state index contributed by atoms with van der Waals surface area (Å²) < 4.78 is 10.6. The van der Waals surface area contributed by atoms with Crippen molar-refractivity contribution < 1.29 is 23.9 Å². The maximum absolute atomic E-state index is 13.8. The number of nitrogens with zero attached hydrogens (tertiary/aromatic N) is 1. The van der Waals surface area contributed by atoms with Crippen LogP contribution in [0.25, 0.3) is 0 Å². The van der Waals surface area contributed by atoms with E-state index in [1.54, 1.807) is 49.6 Å². The van der Waals surface area contributed by atoms with Crippen LogP contribution in [0.5, 0.6) is 5.75 Å². The second-order valence-electron chi connectivity index (χ2n) is 9.31. The number of benzene rings is 3. The van der Waals surface area contributed by atoms with E-state index in [1.165, 1.54) is 0 Å². The van der Waals surface area contributed by atoms with Crippen molar-refractivity contribution >= 4 is 23.5 Å². The van der Waals surface area contributed by atoms with Gasteiger partial charge in [0.05, 0.1) is 6.61 Å². The number of ether oxygens (including phenoxy) is 2. The number of aryl methyl sites for hydroxylation is 1. The van der Waals surface area contributed by atoms with E-state index in [4.69, 9.17) is 15.9 Å². The number of hydrogen-bond acceptors (Lipinski definition) is 5. The van der Waals surface area contributed by atoms with Crippen LogP contribution in [0.4, 0.5) is 10.5 Å². The van der Waals surface area contributed by atoms with Crippen LogP contribution < -0.4 is 15.4 Å². The lowest BCUT2D eigenvalue weighted by molar-refractivity contribution is -0.134. The van der Waals surface area contributed by atoms with Crippen molar-refractivity contribution in [1.82, 2.24) is 10.2 Å². The largest absolute Gasteiger partial charge is 0.491 e. The first-order valence-corrected chi connectivity index (χ1v) is 12.6. The Bertz CT molecular complexity index is 1380. The summed E-state index contributed by atoms with van der Waals surface area (Å²) in [5.74, 6) is 1.72. The van der Waals surface area contributed by atoms with Crippen LogP contribution in [0.15, 0.2) is 72.8 Å². The molecule has 39 heavy (non-hydrogen) atoms. The average Bonchev–Trinajstić information content (AvgIpc) is 3.24. The molecule has 3 aromatic rings. The average molecular weight is 526 g/mol. The van der Waals surface area contributed by atoms with Crippen LogP contribution in [-0.2, 0) is 14.3 Å². The Morgan fingerprint density at radius 1 is 1.08 bits per heavy atom. The lowest BCUT2D eigenvalue weighted by atomic mass is 9.91. The first-order valence-electron chi connectivity index (χ1n) is 12.6. The van der Waals surface area contributed by atoms with Crippen LogP contribution in [0, 0.1) is 19.3 Å². The lowest BCUT2D eigenvalue weighted by Gasteiger charge is -2.30. The van der Waals surface area contributed by atoms with E-state index in [0.717, 1.165) is 16.0 Å². The summed E-state index contributed by atoms with van der Waals surface area (Å²) in [6.45, 7) is 4.50. The number of rotatable bonds is 10. The van der Waals surface area contributed by atoms with Gasteiger partial charge in [-0.2, -0.15) is 0 Å². The van der Waals surface area contributed by atoms with Gasteiger partial charge in [0.15, 0.2) is 0 Å². The summed E-state index contributed by atoms with van der Waals surface area (Å²) in [5.41, 5.74) is 3.41. The van der Waals surface area contributed by atoms with Crippen molar-refractivity contribution in [3.05, 3.63) is 95.1 Å². The Morgan fingerprint density at radius 3 is 2.44 bits per heavy atom. The molecule has 3 aromatic carbocycles. The Labute approximate surface area is 228 Å². The number of anilines is 1. The molecule has 8 heteroatoms. The fraction of sp³-hybridized carbons (Fsp3) is 0.258. The fourth-order valence-corrected chi connectivity index (χ4v) is 4.59. The van der Waals surface area contributed by atoms with Gasteiger partial charge >= 0.3 is 6.03 Å². The molecule has 3 atom stereocenters. The van der Waals surface area contributed by atoms with Crippen LogP contribution in [0.3, 0.4) is 0 Å². The molecule has 1 saturated heterocycles. The summed E-state index contributed by atoms with van der Waals surface area (Å²) >= 11 is 0. The molecule has 4 amide bonds. The van der Waals surface area contributed by atoms with Crippen molar-refractivity contribution in [2.24, 2.45) is 0 Å². The van der Waals surface area contributed by atoms with Gasteiger partial charge < -0.3 is 20.1 Å². The summed E-state index contributed by atoms with van der Waals surface area (Å²) in [6.07, 6.45) is 5.49. The zero-order valence-corrected chi connectivity index (χ0v) is 22.1. The smallest absolute Gasteiger partial charge is 0.325 e. The van der Waals surface area contributed by atoms with E-state index in [-0.39, 0.29) is 0 Å². The molecule has 200 valence electrons. The number of hydrogen-bond donors (Lipinski definition) is 2. The van der Waals surface area contributed by atoms with Gasteiger partial charge in [-0.3, -0.25) is 9.59 Å². The highest BCUT2D eigenvalue weighted by Crippen LogP contribution is 2.32. The number of methoxy groups -OCH3 is 1. The van der Waals surface area contributed by atoms with E-state index in [0.29, 0.717) is 35.8 Å². The third-order valence-electron chi connectivity index (χ3n) is 6.74. The van der Waals surface area contributed by atoms with E-state index in [9.17, 15) is 14.4 Å². The van der Waals surface area contributed by atoms with Crippen molar-refractivity contribution in [1.29, 1.82) is 0 Å². The molecule has 0 saturated carbocycles. The van der Waals surface area contributed by atoms with E-state index in [1.807, 2.05) is 44.2 Å². The third kappa shape index (κ3) is 6.11.